The van der Waals surface area contributed by atoms with Gasteiger partial charge in [-0.1, -0.05) is 5.16 Å². The number of carbonyl (C=O) groups excluding carboxylic acids is 1. The highest BCUT2D eigenvalue weighted by molar-refractivity contribution is 5.81. The van der Waals surface area contributed by atoms with Crippen molar-refractivity contribution < 1.29 is 10.0 Å². The van der Waals surface area contributed by atoms with Crippen LogP contribution in [0.15, 0.2) is 5.16 Å². The van der Waals surface area contributed by atoms with Crippen molar-refractivity contribution in [1.82, 2.24) is 9.80 Å². The van der Waals surface area contributed by atoms with E-state index in [-0.39, 0.29) is 17.9 Å². The van der Waals surface area contributed by atoms with Gasteiger partial charge in [-0.2, -0.15) is 0 Å². The second kappa shape index (κ2) is 6.10. The molecule has 6 nitrogen and oxygen atoms in total. The minimum atomic E-state index is -0.0950. The first-order valence-corrected chi connectivity index (χ1v) is 4.88. The summed E-state index contributed by atoms with van der Waals surface area (Å²) < 4.78 is 0. The standard InChI is InChI=1S/C9H20N4O2/c1-5-12(3)9(14)13(4)7(2)6-8(10)11-15/h7,15H,5-6H2,1-4H3,(H2,10,11). The molecule has 0 spiro atoms. The van der Waals surface area contributed by atoms with E-state index in [4.69, 9.17) is 10.9 Å². The van der Waals surface area contributed by atoms with Crippen molar-refractivity contribution in [2.24, 2.45) is 10.9 Å². The second-order valence-corrected chi connectivity index (χ2v) is 3.55. The molecule has 1 atom stereocenters. The van der Waals surface area contributed by atoms with E-state index in [2.05, 4.69) is 5.16 Å². The van der Waals surface area contributed by atoms with Gasteiger partial charge in [-0.05, 0) is 13.8 Å². The van der Waals surface area contributed by atoms with Crippen LogP contribution in [0.1, 0.15) is 20.3 Å². The lowest BCUT2D eigenvalue weighted by molar-refractivity contribution is 0.162. The fourth-order valence-electron chi connectivity index (χ4n) is 1.07. The molecule has 0 aliphatic rings. The number of oxime groups is 1. The monoisotopic (exact) mass is 216 g/mol. The largest absolute Gasteiger partial charge is 0.409 e. The highest BCUT2D eigenvalue weighted by Crippen LogP contribution is 2.04. The predicted molar refractivity (Wildman–Crippen MR) is 59.0 cm³/mol. The van der Waals surface area contributed by atoms with Crippen LogP contribution in [0.4, 0.5) is 4.79 Å². The molecular weight excluding hydrogens is 196 g/mol. The van der Waals surface area contributed by atoms with E-state index >= 15 is 0 Å². The van der Waals surface area contributed by atoms with Crippen LogP contribution in [0.5, 0.6) is 0 Å². The van der Waals surface area contributed by atoms with E-state index in [0.29, 0.717) is 13.0 Å². The lowest BCUT2D eigenvalue weighted by atomic mass is 10.2. The molecule has 0 aromatic rings. The molecule has 3 N–H and O–H groups in total. The lowest BCUT2D eigenvalue weighted by Gasteiger charge is -2.28. The number of carbonyl (C=O) groups is 1. The topological polar surface area (TPSA) is 82.2 Å². The van der Waals surface area contributed by atoms with Gasteiger partial charge < -0.3 is 20.7 Å². The first-order valence-electron chi connectivity index (χ1n) is 4.88. The van der Waals surface area contributed by atoms with Gasteiger partial charge >= 0.3 is 6.03 Å². The Kier molecular flexibility index (Phi) is 5.51. The van der Waals surface area contributed by atoms with Crippen molar-refractivity contribution in [3.05, 3.63) is 0 Å². The SMILES string of the molecule is CCN(C)C(=O)N(C)C(C)CC(N)=NO. The zero-order chi connectivity index (χ0) is 12.0. The van der Waals surface area contributed by atoms with Gasteiger partial charge in [-0.15, -0.1) is 0 Å². The molecule has 0 saturated carbocycles. The van der Waals surface area contributed by atoms with Gasteiger partial charge in [0.15, 0.2) is 0 Å². The van der Waals surface area contributed by atoms with Gasteiger partial charge in [0.05, 0.1) is 0 Å². The molecular formula is C9H20N4O2. The van der Waals surface area contributed by atoms with Crippen LogP contribution in [-0.2, 0) is 0 Å². The van der Waals surface area contributed by atoms with Crippen molar-refractivity contribution in [3.63, 3.8) is 0 Å². The van der Waals surface area contributed by atoms with Gasteiger partial charge in [-0.3, -0.25) is 0 Å². The number of hydrogen-bond donors (Lipinski definition) is 2. The highest BCUT2D eigenvalue weighted by Gasteiger charge is 2.19. The average Bonchev–Trinajstić information content (AvgIpc) is 2.25. The summed E-state index contributed by atoms with van der Waals surface area (Å²) >= 11 is 0. The average molecular weight is 216 g/mol. The van der Waals surface area contributed by atoms with E-state index in [9.17, 15) is 4.79 Å². The molecule has 0 radical (unpaired) electrons. The fourth-order valence-corrected chi connectivity index (χ4v) is 1.07. The van der Waals surface area contributed by atoms with E-state index in [1.807, 2.05) is 13.8 Å². The summed E-state index contributed by atoms with van der Waals surface area (Å²) in [5, 5.41) is 11.3. The number of rotatable bonds is 4. The number of urea groups is 1. The minimum absolute atomic E-state index is 0.0734. The van der Waals surface area contributed by atoms with Gasteiger partial charge in [0.25, 0.3) is 0 Å². The van der Waals surface area contributed by atoms with Crippen molar-refractivity contribution >= 4 is 11.9 Å². The Hall–Kier alpha value is -1.46. The Bertz CT molecular complexity index is 242. The first kappa shape index (κ1) is 13.5. The smallest absolute Gasteiger partial charge is 0.319 e. The van der Waals surface area contributed by atoms with Crippen LogP contribution < -0.4 is 5.73 Å². The third-order valence-corrected chi connectivity index (χ3v) is 2.40. The quantitative estimate of drug-likeness (QED) is 0.311. The van der Waals surface area contributed by atoms with Crippen molar-refractivity contribution in [1.29, 1.82) is 0 Å². The fraction of sp³-hybridized carbons (Fsp3) is 0.778. The van der Waals surface area contributed by atoms with E-state index in [0.717, 1.165) is 0 Å². The molecule has 0 aliphatic carbocycles. The maximum absolute atomic E-state index is 11.7. The normalized spacial score (nSPS) is 13.5. The number of nitrogens with two attached hydrogens (primary N) is 1. The Morgan fingerprint density at radius 3 is 2.47 bits per heavy atom. The molecule has 0 heterocycles. The van der Waals surface area contributed by atoms with Crippen molar-refractivity contribution in [2.45, 2.75) is 26.3 Å². The van der Waals surface area contributed by atoms with Crippen LogP contribution in [0.3, 0.4) is 0 Å². The van der Waals surface area contributed by atoms with Crippen LogP contribution in [0.2, 0.25) is 0 Å². The molecule has 0 aromatic heterocycles. The Labute approximate surface area is 90.3 Å². The van der Waals surface area contributed by atoms with Gasteiger partial charge in [-0.25, -0.2) is 4.79 Å². The molecule has 6 heteroatoms. The van der Waals surface area contributed by atoms with Gasteiger partial charge in [0.1, 0.15) is 5.84 Å². The van der Waals surface area contributed by atoms with E-state index in [1.54, 1.807) is 23.9 Å². The number of amides is 2. The zero-order valence-corrected chi connectivity index (χ0v) is 9.77. The Morgan fingerprint density at radius 1 is 1.53 bits per heavy atom. The summed E-state index contributed by atoms with van der Waals surface area (Å²) in [6.45, 7) is 4.40. The van der Waals surface area contributed by atoms with Crippen molar-refractivity contribution in [2.75, 3.05) is 20.6 Å². The summed E-state index contributed by atoms with van der Waals surface area (Å²) in [6.07, 6.45) is 0.357. The van der Waals surface area contributed by atoms with E-state index in [1.165, 1.54) is 0 Å². The third-order valence-electron chi connectivity index (χ3n) is 2.40. The maximum atomic E-state index is 11.7. The van der Waals surface area contributed by atoms with Crippen LogP contribution in [-0.4, -0.2) is 53.6 Å². The molecule has 0 rings (SSSR count). The van der Waals surface area contributed by atoms with Crippen molar-refractivity contribution in [3.8, 4) is 0 Å². The molecule has 2 amide bonds. The molecule has 0 saturated heterocycles. The highest BCUT2D eigenvalue weighted by atomic mass is 16.4. The third kappa shape index (κ3) is 4.05. The summed E-state index contributed by atoms with van der Waals surface area (Å²) in [6, 6.07) is -0.168. The summed E-state index contributed by atoms with van der Waals surface area (Å²) in [4.78, 5) is 14.9. The molecule has 88 valence electrons. The molecule has 0 aliphatic heterocycles. The number of hydrogen-bond acceptors (Lipinski definition) is 3. The predicted octanol–water partition coefficient (Wildman–Crippen LogP) is 0.515. The molecule has 0 aromatic carbocycles. The Balaban J connectivity index is 4.31. The molecule has 15 heavy (non-hydrogen) atoms. The van der Waals surface area contributed by atoms with E-state index < -0.39 is 0 Å². The second-order valence-electron chi connectivity index (χ2n) is 3.55. The van der Waals surface area contributed by atoms with Gasteiger partial charge in [0, 0.05) is 33.1 Å². The molecule has 0 fully saturated rings. The number of amidine groups is 1. The summed E-state index contributed by atoms with van der Waals surface area (Å²) in [7, 11) is 3.43. The lowest BCUT2D eigenvalue weighted by Crippen LogP contribution is -2.44. The van der Waals surface area contributed by atoms with Crippen LogP contribution in [0, 0.1) is 0 Å². The molecule has 1 unspecified atom stereocenters. The minimum Gasteiger partial charge on any atom is -0.409 e. The number of nitrogens with zero attached hydrogens (tertiary/aromatic N) is 3. The zero-order valence-electron chi connectivity index (χ0n) is 9.77. The summed E-state index contributed by atoms with van der Waals surface area (Å²) in [5.74, 6) is 0.126. The van der Waals surface area contributed by atoms with Gasteiger partial charge in [0.2, 0.25) is 0 Å². The summed E-state index contributed by atoms with van der Waals surface area (Å²) in [5.41, 5.74) is 5.37. The Morgan fingerprint density at radius 2 is 2.07 bits per heavy atom. The maximum Gasteiger partial charge on any atom is 0.319 e. The first-order chi connectivity index (χ1) is 6.93. The van der Waals surface area contributed by atoms with Crippen LogP contribution >= 0.6 is 0 Å². The molecule has 0 bridgehead atoms. The van der Waals surface area contributed by atoms with Crippen LogP contribution in [0.25, 0.3) is 0 Å².